The highest BCUT2D eigenvalue weighted by Gasteiger charge is 2.33. The summed E-state index contributed by atoms with van der Waals surface area (Å²) in [5, 5.41) is 1.85. The number of anilines is 1. The van der Waals surface area contributed by atoms with E-state index in [1.54, 1.807) is 36.4 Å². The average molecular weight is 393 g/mol. The summed E-state index contributed by atoms with van der Waals surface area (Å²) in [6.45, 7) is 0. The van der Waals surface area contributed by atoms with E-state index < -0.39 is 28.2 Å². The minimum absolute atomic E-state index is 0.126. The minimum Gasteiger partial charge on any atom is -0.328 e. The predicted molar refractivity (Wildman–Crippen MR) is 96.9 cm³/mol. The van der Waals surface area contributed by atoms with Crippen molar-refractivity contribution in [3.05, 3.63) is 87.3 Å². The number of aromatic amines is 1. The highest BCUT2D eigenvalue weighted by Crippen LogP contribution is 2.36. The fourth-order valence-corrected chi connectivity index (χ4v) is 2.80. The van der Waals surface area contributed by atoms with Gasteiger partial charge < -0.3 is 10.3 Å². The molecule has 0 aliphatic rings. The molecule has 2 N–H and O–H groups in total. The van der Waals surface area contributed by atoms with Crippen molar-refractivity contribution in [2.24, 2.45) is 0 Å². The zero-order chi connectivity index (χ0) is 19.6. The van der Waals surface area contributed by atoms with Gasteiger partial charge in [0.25, 0.3) is 11.5 Å². The number of benzene rings is 2. The van der Waals surface area contributed by atoms with Gasteiger partial charge in [0, 0.05) is 17.4 Å². The van der Waals surface area contributed by atoms with Gasteiger partial charge in [0.2, 0.25) is 0 Å². The van der Waals surface area contributed by atoms with Crippen LogP contribution in [0.3, 0.4) is 0 Å². The summed E-state index contributed by atoms with van der Waals surface area (Å²) in [5.74, 6) is -0.828. The number of pyridine rings is 1. The Balaban J connectivity index is 2.00. The lowest BCUT2D eigenvalue weighted by Gasteiger charge is -2.13. The molecule has 0 fully saturated rings. The number of alkyl halides is 3. The number of hydrogen-bond donors (Lipinski definition) is 2. The van der Waals surface area contributed by atoms with Crippen LogP contribution in [-0.2, 0) is 6.18 Å². The fourth-order valence-electron chi connectivity index (χ4n) is 2.58. The largest absolute Gasteiger partial charge is 0.417 e. The van der Waals surface area contributed by atoms with Crippen molar-refractivity contribution < 1.29 is 18.0 Å². The molecule has 0 radical (unpaired) electrons. The van der Waals surface area contributed by atoms with Gasteiger partial charge in [0.15, 0.2) is 0 Å². The van der Waals surface area contributed by atoms with E-state index in [0.717, 1.165) is 12.1 Å². The predicted octanol–water partition coefficient (Wildman–Crippen LogP) is 4.97. The van der Waals surface area contributed by atoms with Crippen LogP contribution in [0.15, 0.2) is 65.6 Å². The Hall–Kier alpha value is -3.06. The van der Waals surface area contributed by atoms with Crippen molar-refractivity contribution >= 4 is 23.2 Å². The van der Waals surface area contributed by atoms with Gasteiger partial charge in [-0.2, -0.15) is 13.2 Å². The van der Waals surface area contributed by atoms with Crippen LogP contribution in [0.1, 0.15) is 15.9 Å². The number of hydrogen-bond acceptors (Lipinski definition) is 2. The molecule has 3 rings (SSSR count). The third kappa shape index (κ3) is 4.03. The van der Waals surface area contributed by atoms with Gasteiger partial charge in [0.1, 0.15) is 5.56 Å². The lowest BCUT2D eigenvalue weighted by Crippen LogP contribution is -2.24. The first-order chi connectivity index (χ1) is 12.8. The number of carbonyl (C=O) groups is 1. The molecule has 0 unspecified atom stereocenters. The monoisotopic (exact) mass is 392 g/mol. The standard InChI is InChI=1S/C19H12ClF3N2O2/c20-15-7-6-12(10-14(15)19(21,22)23)25-18(27)16-13(8-9-24-17(16)26)11-4-2-1-3-5-11/h1-10H,(H,24,26)(H,25,27). The van der Waals surface area contributed by atoms with E-state index in [4.69, 9.17) is 11.6 Å². The molecule has 1 aromatic heterocycles. The Morgan fingerprint density at radius 3 is 2.41 bits per heavy atom. The zero-order valence-electron chi connectivity index (χ0n) is 13.6. The molecule has 1 amide bonds. The van der Waals surface area contributed by atoms with Crippen LogP contribution in [0.4, 0.5) is 18.9 Å². The normalized spacial score (nSPS) is 11.3. The van der Waals surface area contributed by atoms with Gasteiger partial charge in [-0.1, -0.05) is 41.9 Å². The maximum atomic E-state index is 13.0. The third-order valence-electron chi connectivity index (χ3n) is 3.80. The summed E-state index contributed by atoms with van der Waals surface area (Å²) >= 11 is 5.58. The van der Waals surface area contributed by atoms with Gasteiger partial charge in [-0.05, 0) is 29.8 Å². The quantitative estimate of drug-likeness (QED) is 0.661. The van der Waals surface area contributed by atoms with Gasteiger partial charge >= 0.3 is 6.18 Å². The van der Waals surface area contributed by atoms with Crippen molar-refractivity contribution in [1.82, 2.24) is 4.98 Å². The summed E-state index contributed by atoms with van der Waals surface area (Å²) < 4.78 is 39.0. The molecule has 0 aliphatic carbocycles. The van der Waals surface area contributed by atoms with E-state index in [1.807, 2.05) is 0 Å². The summed E-state index contributed by atoms with van der Waals surface area (Å²) in [7, 11) is 0. The van der Waals surface area contributed by atoms with E-state index >= 15 is 0 Å². The molecule has 0 aliphatic heterocycles. The van der Waals surface area contributed by atoms with E-state index in [2.05, 4.69) is 10.3 Å². The molecule has 8 heteroatoms. The molecule has 0 spiro atoms. The highest BCUT2D eigenvalue weighted by molar-refractivity contribution is 6.31. The van der Waals surface area contributed by atoms with Crippen LogP contribution in [0, 0.1) is 0 Å². The number of halogens is 4. The molecule has 4 nitrogen and oxygen atoms in total. The van der Waals surface area contributed by atoms with Crippen LogP contribution in [-0.4, -0.2) is 10.9 Å². The molecule has 27 heavy (non-hydrogen) atoms. The van der Waals surface area contributed by atoms with Crippen LogP contribution in [0.5, 0.6) is 0 Å². The molecule has 2 aromatic carbocycles. The van der Waals surface area contributed by atoms with Crippen LogP contribution in [0.25, 0.3) is 11.1 Å². The molecule has 0 saturated carbocycles. The summed E-state index contributed by atoms with van der Waals surface area (Å²) in [6, 6.07) is 13.2. The van der Waals surface area contributed by atoms with Crippen LogP contribution < -0.4 is 10.9 Å². The fraction of sp³-hybridized carbons (Fsp3) is 0.0526. The van der Waals surface area contributed by atoms with E-state index in [-0.39, 0.29) is 11.3 Å². The molecule has 0 saturated heterocycles. The van der Waals surface area contributed by atoms with Gasteiger partial charge in [-0.15, -0.1) is 0 Å². The Bertz CT molecular complexity index is 1050. The first-order valence-corrected chi connectivity index (χ1v) is 8.10. The van der Waals surface area contributed by atoms with Crippen molar-refractivity contribution in [3.8, 4) is 11.1 Å². The first kappa shape index (κ1) is 18.7. The maximum absolute atomic E-state index is 13.0. The van der Waals surface area contributed by atoms with Crippen LogP contribution in [0.2, 0.25) is 5.02 Å². The second-order valence-electron chi connectivity index (χ2n) is 5.61. The molecule has 0 bridgehead atoms. The molecule has 1 heterocycles. The molecule has 3 aromatic rings. The Morgan fingerprint density at radius 1 is 1.04 bits per heavy atom. The highest BCUT2D eigenvalue weighted by atomic mass is 35.5. The molecule has 0 atom stereocenters. The van der Waals surface area contributed by atoms with Crippen molar-refractivity contribution in [2.75, 3.05) is 5.32 Å². The summed E-state index contributed by atoms with van der Waals surface area (Å²) in [4.78, 5) is 27.2. The van der Waals surface area contributed by atoms with E-state index in [0.29, 0.717) is 11.1 Å². The lowest BCUT2D eigenvalue weighted by atomic mass is 10.0. The van der Waals surface area contributed by atoms with Crippen LogP contribution >= 0.6 is 11.6 Å². The SMILES string of the molecule is O=C(Nc1ccc(Cl)c(C(F)(F)F)c1)c1c(-c2ccccc2)cc[nH]c1=O. The number of carbonyl (C=O) groups excluding carboxylic acids is 1. The first-order valence-electron chi connectivity index (χ1n) is 7.72. The van der Waals surface area contributed by atoms with Crippen molar-refractivity contribution in [2.45, 2.75) is 6.18 Å². The third-order valence-corrected chi connectivity index (χ3v) is 4.13. The molecular weight excluding hydrogens is 381 g/mol. The Labute approximate surface area is 156 Å². The second kappa shape index (κ2) is 7.28. The van der Waals surface area contributed by atoms with Gasteiger partial charge in [-0.25, -0.2) is 0 Å². The number of amides is 1. The Morgan fingerprint density at radius 2 is 1.74 bits per heavy atom. The average Bonchev–Trinajstić information content (AvgIpc) is 2.62. The molecule has 138 valence electrons. The summed E-state index contributed by atoms with van der Waals surface area (Å²) in [6.07, 6.45) is -3.28. The number of rotatable bonds is 3. The smallest absolute Gasteiger partial charge is 0.328 e. The lowest BCUT2D eigenvalue weighted by molar-refractivity contribution is -0.137. The maximum Gasteiger partial charge on any atom is 0.417 e. The van der Waals surface area contributed by atoms with Gasteiger partial charge in [0.05, 0.1) is 10.6 Å². The van der Waals surface area contributed by atoms with E-state index in [1.165, 1.54) is 12.3 Å². The number of H-pyrrole nitrogens is 1. The summed E-state index contributed by atoms with van der Waals surface area (Å²) in [5.41, 5.74) is -1.07. The molecular formula is C19H12ClF3N2O2. The van der Waals surface area contributed by atoms with E-state index in [9.17, 15) is 22.8 Å². The topological polar surface area (TPSA) is 62.0 Å². The number of aromatic nitrogens is 1. The number of nitrogens with one attached hydrogen (secondary N) is 2. The second-order valence-corrected chi connectivity index (χ2v) is 6.02. The Kier molecular flexibility index (Phi) is 5.05. The minimum atomic E-state index is -4.67. The van der Waals surface area contributed by atoms with Gasteiger partial charge in [-0.3, -0.25) is 9.59 Å². The zero-order valence-corrected chi connectivity index (χ0v) is 14.4. The van der Waals surface area contributed by atoms with Crippen molar-refractivity contribution in [3.63, 3.8) is 0 Å². The van der Waals surface area contributed by atoms with Crippen molar-refractivity contribution in [1.29, 1.82) is 0 Å².